The molecule has 13 heavy (non-hydrogen) atoms. The number of hydrogen-bond donors (Lipinski definition) is 0. The van der Waals surface area contributed by atoms with Crippen molar-refractivity contribution in [3.8, 4) is 0 Å². The summed E-state index contributed by atoms with van der Waals surface area (Å²) in [7, 11) is 3.79. The lowest BCUT2D eigenvalue weighted by Crippen LogP contribution is -2.00. The maximum absolute atomic E-state index is 4.06. The van der Waals surface area contributed by atoms with Gasteiger partial charge < -0.3 is 5.01 Å². The number of benzene rings is 1. The second kappa shape index (κ2) is 5.14. The zero-order chi connectivity index (χ0) is 9.52. The lowest BCUT2D eigenvalue weighted by molar-refractivity contribution is 0.440. The standard InChI is InChI=1S/C11H14N2/c1-13(2)12-10-6-9-11-7-4-3-5-8-11/h3-10H,1-2H3. The fourth-order valence-electron chi connectivity index (χ4n) is 0.890. The summed E-state index contributed by atoms with van der Waals surface area (Å²) in [6.45, 7) is 0. The average molecular weight is 174 g/mol. The summed E-state index contributed by atoms with van der Waals surface area (Å²) in [6.07, 6.45) is 5.72. The Kier molecular flexibility index (Phi) is 3.76. The van der Waals surface area contributed by atoms with Crippen LogP contribution < -0.4 is 0 Å². The highest BCUT2D eigenvalue weighted by Crippen LogP contribution is 1.99. The number of hydrogen-bond acceptors (Lipinski definition) is 2. The molecule has 68 valence electrons. The summed E-state index contributed by atoms with van der Waals surface area (Å²) in [5, 5.41) is 5.82. The molecule has 1 rings (SSSR count). The number of nitrogens with zero attached hydrogens (tertiary/aromatic N) is 2. The van der Waals surface area contributed by atoms with Crippen LogP contribution in [0.1, 0.15) is 5.56 Å². The highest BCUT2D eigenvalue weighted by atomic mass is 15.4. The van der Waals surface area contributed by atoms with Crippen LogP contribution in [0.3, 0.4) is 0 Å². The van der Waals surface area contributed by atoms with Gasteiger partial charge in [-0.25, -0.2) is 0 Å². The molecule has 2 heteroatoms. The van der Waals surface area contributed by atoms with Crippen molar-refractivity contribution >= 4 is 12.3 Å². The van der Waals surface area contributed by atoms with E-state index < -0.39 is 0 Å². The summed E-state index contributed by atoms with van der Waals surface area (Å²) in [6, 6.07) is 10.1. The summed E-state index contributed by atoms with van der Waals surface area (Å²) in [4.78, 5) is 0. The molecule has 2 nitrogen and oxygen atoms in total. The third-order valence-electron chi connectivity index (χ3n) is 1.47. The molecule has 0 spiro atoms. The van der Waals surface area contributed by atoms with Gasteiger partial charge in [0.1, 0.15) is 0 Å². The summed E-state index contributed by atoms with van der Waals surface area (Å²) >= 11 is 0. The van der Waals surface area contributed by atoms with E-state index >= 15 is 0 Å². The fraction of sp³-hybridized carbons (Fsp3) is 0.182. The molecular weight excluding hydrogens is 160 g/mol. The van der Waals surface area contributed by atoms with Crippen molar-refractivity contribution in [3.63, 3.8) is 0 Å². The van der Waals surface area contributed by atoms with Gasteiger partial charge in [-0.1, -0.05) is 36.4 Å². The lowest BCUT2D eigenvalue weighted by Gasteiger charge is -1.99. The Morgan fingerprint density at radius 1 is 1.15 bits per heavy atom. The number of rotatable bonds is 3. The predicted octanol–water partition coefficient (Wildman–Crippen LogP) is 2.25. The first-order valence-electron chi connectivity index (χ1n) is 4.22. The SMILES string of the molecule is CN(C)N=CC=Cc1ccccc1. The third kappa shape index (κ3) is 4.11. The van der Waals surface area contributed by atoms with Gasteiger partial charge in [0.05, 0.1) is 0 Å². The topological polar surface area (TPSA) is 15.6 Å². The van der Waals surface area contributed by atoms with Crippen LogP contribution in [0.2, 0.25) is 0 Å². The predicted molar refractivity (Wildman–Crippen MR) is 57.7 cm³/mol. The molecule has 1 aromatic carbocycles. The molecule has 0 unspecified atom stereocenters. The van der Waals surface area contributed by atoms with Crippen LogP contribution in [0.4, 0.5) is 0 Å². The number of allylic oxidation sites excluding steroid dienone is 1. The van der Waals surface area contributed by atoms with Crippen LogP contribution in [0, 0.1) is 0 Å². The average Bonchev–Trinajstić information content (AvgIpc) is 2.14. The highest BCUT2D eigenvalue weighted by molar-refractivity contribution is 5.77. The van der Waals surface area contributed by atoms with Gasteiger partial charge in [0, 0.05) is 20.3 Å². The first kappa shape index (κ1) is 9.52. The van der Waals surface area contributed by atoms with Crippen molar-refractivity contribution in [2.45, 2.75) is 0 Å². The molecule has 0 fully saturated rings. The van der Waals surface area contributed by atoms with Crippen LogP contribution in [0.25, 0.3) is 6.08 Å². The molecule has 0 atom stereocenters. The molecular formula is C11H14N2. The van der Waals surface area contributed by atoms with Crippen LogP contribution >= 0.6 is 0 Å². The maximum atomic E-state index is 4.06. The zero-order valence-corrected chi connectivity index (χ0v) is 8.01. The Bertz CT molecular complexity index is 286. The molecule has 1 aromatic rings. The van der Waals surface area contributed by atoms with Crippen molar-refractivity contribution in [2.75, 3.05) is 14.1 Å². The van der Waals surface area contributed by atoms with Crippen LogP contribution in [0.5, 0.6) is 0 Å². The molecule has 0 aromatic heterocycles. The van der Waals surface area contributed by atoms with Gasteiger partial charge in [0.2, 0.25) is 0 Å². The van der Waals surface area contributed by atoms with Gasteiger partial charge in [-0.05, 0) is 11.6 Å². The molecule has 0 bridgehead atoms. The molecule has 0 radical (unpaired) electrons. The minimum atomic E-state index is 1.19. The van der Waals surface area contributed by atoms with Crippen LogP contribution in [-0.4, -0.2) is 25.3 Å². The van der Waals surface area contributed by atoms with E-state index in [0.717, 1.165) is 0 Å². The van der Waals surface area contributed by atoms with E-state index in [0.29, 0.717) is 0 Å². The second-order valence-electron chi connectivity index (χ2n) is 2.88. The van der Waals surface area contributed by atoms with E-state index in [-0.39, 0.29) is 0 Å². The van der Waals surface area contributed by atoms with Gasteiger partial charge in [0.15, 0.2) is 0 Å². The Labute approximate surface area is 79.2 Å². The van der Waals surface area contributed by atoms with Gasteiger partial charge in [-0.2, -0.15) is 5.10 Å². The first-order chi connectivity index (χ1) is 6.29. The van der Waals surface area contributed by atoms with Gasteiger partial charge in [-0.3, -0.25) is 0 Å². The van der Waals surface area contributed by atoms with E-state index in [4.69, 9.17) is 0 Å². The first-order valence-corrected chi connectivity index (χ1v) is 4.22. The van der Waals surface area contributed by atoms with Crippen molar-refractivity contribution in [1.82, 2.24) is 5.01 Å². The quantitative estimate of drug-likeness (QED) is 0.507. The molecule has 0 saturated carbocycles. The smallest absolute Gasteiger partial charge is 0.0470 e. The van der Waals surface area contributed by atoms with Gasteiger partial charge in [0.25, 0.3) is 0 Å². The van der Waals surface area contributed by atoms with E-state index in [1.54, 1.807) is 11.2 Å². The summed E-state index contributed by atoms with van der Waals surface area (Å²) in [5.41, 5.74) is 1.19. The van der Waals surface area contributed by atoms with Crippen LogP contribution in [0.15, 0.2) is 41.5 Å². The van der Waals surface area contributed by atoms with Gasteiger partial charge in [-0.15, -0.1) is 0 Å². The molecule has 0 N–H and O–H groups in total. The van der Waals surface area contributed by atoms with E-state index in [1.807, 2.05) is 44.4 Å². The number of hydrazone groups is 1. The lowest BCUT2D eigenvalue weighted by atomic mass is 10.2. The monoisotopic (exact) mass is 174 g/mol. The second-order valence-corrected chi connectivity index (χ2v) is 2.88. The molecule has 0 amide bonds. The largest absolute Gasteiger partial charge is 0.303 e. The molecule has 0 heterocycles. The Balaban J connectivity index is 2.50. The van der Waals surface area contributed by atoms with E-state index in [9.17, 15) is 0 Å². The maximum Gasteiger partial charge on any atom is 0.0470 e. The Hall–Kier alpha value is -1.57. The minimum absolute atomic E-state index is 1.19. The highest BCUT2D eigenvalue weighted by Gasteiger charge is 1.80. The van der Waals surface area contributed by atoms with Crippen molar-refractivity contribution in [2.24, 2.45) is 5.10 Å². The van der Waals surface area contributed by atoms with Crippen LogP contribution in [-0.2, 0) is 0 Å². The summed E-state index contributed by atoms with van der Waals surface area (Å²) in [5.74, 6) is 0. The van der Waals surface area contributed by atoms with Crippen molar-refractivity contribution < 1.29 is 0 Å². The van der Waals surface area contributed by atoms with Crippen molar-refractivity contribution in [3.05, 3.63) is 42.0 Å². The Morgan fingerprint density at radius 3 is 2.46 bits per heavy atom. The molecule has 0 saturated heterocycles. The molecule has 0 aliphatic carbocycles. The zero-order valence-electron chi connectivity index (χ0n) is 8.01. The van der Waals surface area contributed by atoms with Crippen molar-refractivity contribution in [1.29, 1.82) is 0 Å². The summed E-state index contributed by atoms with van der Waals surface area (Å²) < 4.78 is 0. The Morgan fingerprint density at radius 2 is 1.85 bits per heavy atom. The molecule has 0 aliphatic rings. The third-order valence-corrected chi connectivity index (χ3v) is 1.47. The minimum Gasteiger partial charge on any atom is -0.303 e. The normalized spacial score (nSPS) is 11.2. The van der Waals surface area contributed by atoms with E-state index in [2.05, 4.69) is 17.2 Å². The van der Waals surface area contributed by atoms with Gasteiger partial charge >= 0.3 is 0 Å². The molecule has 0 aliphatic heterocycles. The van der Waals surface area contributed by atoms with E-state index in [1.165, 1.54) is 5.56 Å². The fourth-order valence-corrected chi connectivity index (χ4v) is 0.890.